The second-order valence-electron chi connectivity index (χ2n) is 7.09. The van der Waals surface area contributed by atoms with Gasteiger partial charge in [0, 0.05) is 12.1 Å². The summed E-state index contributed by atoms with van der Waals surface area (Å²) in [6.07, 6.45) is 2.50. The van der Waals surface area contributed by atoms with Crippen molar-refractivity contribution in [1.82, 2.24) is 10.6 Å². The Balaban J connectivity index is 1.55. The van der Waals surface area contributed by atoms with Gasteiger partial charge in [-0.3, -0.25) is 9.59 Å². The predicted octanol–water partition coefficient (Wildman–Crippen LogP) is 4.79. The molecule has 2 N–H and O–H groups in total. The van der Waals surface area contributed by atoms with Crippen LogP contribution in [-0.2, 0) is 11.3 Å². The summed E-state index contributed by atoms with van der Waals surface area (Å²) in [5.74, 6) is 1.09. The number of carbonyl (C=O) groups excluding carboxylic acids is 2. The van der Waals surface area contributed by atoms with Crippen LogP contribution in [0.25, 0.3) is 0 Å². The highest BCUT2D eigenvalue weighted by Gasteiger charge is 2.20. The predicted molar refractivity (Wildman–Crippen MR) is 125 cm³/mol. The van der Waals surface area contributed by atoms with Crippen LogP contribution in [0, 0.1) is 5.82 Å². The first-order chi connectivity index (χ1) is 15.5. The summed E-state index contributed by atoms with van der Waals surface area (Å²) >= 11 is 1.62. The van der Waals surface area contributed by atoms with Gasteiger partial charge in [-0.05, 0) is 72.5 Å². The van der Waals surface area contributed by atoms with E-state index < -0.39 is 6.04 Å². The number of hydrogen-bond acceptors (Lipinski definition) is 4. The van der Waals surface area contributed by atoms with E-state index in [2.05, 4.69) is 10.6 Å². The quantitative estimate of drug-likeness (QED) is 0.464. The molecule has 3 rings (SSSR count). The van der Waals surface area contributed by atoms with Gasteiger partial charge in [0.25, 0.3) is 5.91 Å². The number of rotatable bonds is 10. The number of nitrogens with one attached hydrogen (secondary N) is 2. The Morgan fingerprint density at radius 3 is 2.19 bits per heavy atom. The summed E-state index contributed by atoms with van der Waals surface area (Å²) < 4.78 is 18.7. The van der Waals surface area contributed by atoms with Crippen molar-refractivity contribution < 1.29 is 18.7 Å². The topological polar surface area (TPSA) is 67.4 Å². The number of benzene rings is 3. The molecule has 0 aliphatic heterocycles. The maximum absolute atomic E-state index is 13.0. The van der Waals surface area contributed by atoms with Crippen molar-refractivity contribution in [2.45, 2.75) is 19.0 Å². The van der Waals surface area contributed by atoms with Gasteiger partial charge in [0.05, 0.1) is 0 Å². The highest BCUT2D eigenvalue weighted by atomic mass is 32.2. The average molecular weight is 453 g/mol. The first kappa shape index (κ1) is 23.3. The minimum atomic E-state index is -0.615. The van der Waals surface area contributed by atoms with Crippen molar-refractivity contribution in [3.63, 3.8) is 0 Å². The van der Waals surface area contributed by atoms with Gasteiger partial charge < -0.3 is 15.4 Å². The molecule has 0 aliphatic carbocycles. The summed E-state index contributed by atoms with van der Waals surface area (Å²) in [6, 6.07) is 21.3. The summed E-state index contributed by atoms with van der Waals surface area (Å²) in [5.41, 5.74) is 1.41. The van der Waals surface area contributed by atoms with E-state index in [1.165, 1.54) is 12.1 Å². The van der Waals surface area contributed by atoms with E-state index in [1.807, 2.05) is 24.5 Å². The molecule has 0 bridgehead atoms. The van der Waals surface area contributed by atoms with Gasteiger partial charge in [0.1, 0.15) is 23.4 Å². The van der Waals surface area contributed by atoms with E-state index in [9.17, 15) is 14.0 Å². The molecule has 0 heterocycles. The lowest BCUT2D eigenvalue weighted by molar-refractivity contribution is -0.123. The lowest BCUT2D eigenvalue weighted by atomic mass is 10.1. The molecule has 166 valence electrons. The van der Waals surface area contributed by atoms with E-state index in [0.29, 0.717) is 30.0 Å². The Kier molecular flexibility index (Phi) is 8.69. The van der Waals surface area contributed by atoms with Crippen molar-refractivity contribution in [2.24, 2.45) is 0 Å². The molecule has 1 unspecified atom stereocenters. The third-order valence-corrected chi connectivity index (χ3v) is 5.35. The minimum Gasteiger partial charge on any atom is -0.457 e. The maximum atomic E-state index is 13.0. The van der Waals surface area contributed by atoms with E-state index in [0.717, 1.165) is 11.3 Å². The zero-order valence-corrected chi connectivity index (χ0v) is 18.5. The van der Waals surface area contributed by atoms with Crippen LogP contribution in [-0.4, -0.2) is 29.9 Å². The molecule has 0 radical (unpaired) electrons. The Morgan fingerprint density at radius 2 is 1.56 bits per heavy atom. The second-order valence-corrected chi connectivity index (χ2v) is 8.08. The number of amides is 2. The third-order valence-electron chi connectivity index (χ3n) is 4.71. The van der Waals surface area contributed by atoms with Gasteiger partial charge in [-0.1, -0.05) is 30.3 Å². The van der Waals surface area contributed by atoms with Crippen LogP contribution in [0.4, 0.5) is 4.39 Å². The smallest absolute Gasteiger partial charge is 0.251 e. The molecule has 2 amide bonds. The zero-order chi connectivity index (χ0) is 22.8. The van der Waals surface area contributed by atoms with E-state index in [1.54, 1.807) is 60.3 Å². The van der Waals surface area contributed by atoms with Crippen molar-refractivity contribution in [2.75, 3.05) is 12.0 Å². The summed E-state index contributed by atoms with van der Waals surface area (Å²) in [5, 5.41) is 5.73. The molecule has 3 aromatic carbocycles. The Hall–Kier alpha value is -3.32. The fourth-order valence-electron chi connectivity index (χ4n) is 2.96. The number of ether oxygens (including phenoxy) is 1. The fourth-order valence-corrected chi connectivity index (χ4v) is 3.43. The lowest BCUT2D eigenvalue weighted by Gasteiger charge is -2.18. The molecule has 32 heavy (non-hydrogen) atoms. The molecule has 0 saturated carbocycles. The fraction of sp³-hybridized carbons (Fsp3) is 0.200. The van der Waals surface area contributed by atoms with E-state index >= 15 is 0 Å². The van der Waals surface area contributed by atoms with Gasteiger partial charge in [0.2, 0.25) is 5.91 Å². The highest BCUT2D eigenvalue weighted by Crippen LogP contribution is 2.21. The molecule has 1 atom stereocenters. The Morgan fingerprint density at radius 1 is 0.938 bits per heavy atom. The van der Waals surface area contributed by atoms with Crippen molar-refractivity contribution in [1.29, 1.82) is 0 Å². The van der Waals surface area contributed by atoms with Gasteiger partial charge in [-0.2, -0.15) is 11.8 Å². The summed E-state index contributed by atoms with van der Waals surface area (Å²) in [7, 11) is 0. The molecule has 0 saturated heterocycles. The molecule has 3 aromatic rings. The molecular formula is C25H25FN2O3S. The van der Waals surface area contributed by atoms with Crippen molar-refractivity contribution in [3.05, 3.63) is 95.8 Å². The molecule has 0 aliphatic rings. The average Bonchev–Trinajstić information content (AvgIpc) is 2.83. The van der Waals surface area contributed by atoms with Crippen LogP contribution >= 0.6 is 11.8 Å². The molecule has 7 heteroatoms. The third kappa shape index (κ3) is 7.13. The van der Waals surface area contributed by atoms with Gasteiger partial charge in [-0.15, -0.1) is 0 Å². The Labute approximate surface area is 191 Å². The zero-order valence-electron chi connectivity index (χ0n) is 17.7. The van der Waals surface area contributed by atoms with E-state index in [-0.39, 0.29) is 17.6 Å². The number of hydrogen-bond donors (Lipinski definition) is 2. The molecular weight excluding hydrogens is 427 g/mol. The SMILES string of the molecule is CSCCC(NC(=O)c1ccccc1)C(=O)NCc1ccc(Oc2ccc(F)cc2)cc1. The van der Waals surface area contributed by atoms with E-state index in [4.69, 9.17) is 4.74 Å². The molecule has 5 nitrogen and oxygen atoms in total. The van der Waals surface area contributed by atoms with Crippen LogP contribution in [0.1, 0.15) is 22.3 Å². The summed E-state index contributed by atoms with van der Waals surface area (Å²) in [4.78, 5) is 25.2. The monoisotopic (exact) mass is 452 g/mol. The maximum Gasteiger partial charge on any atom is 0.251 e. The largest absolute Gasteiger partial charge is 0.457 e. The number of carbonyl (C=O) groups is 2. The Bertz CT molecular complexity index is 1010. The van der Waals surface area contributed by atoms with Crippen LogP contribution in [0.3, 0.4) is 0 Å². The number of thioether (sulfide) groups is 1. The molecule has 0 spiro atoms. The van der Waals surface area contributed by atoms with Gasteiger partial charge in [-0.25, -0.2) is 4.39 Å². The lowest BCUT2D eigenvalue weighted by Crippen LogP contribution is -2.46. The minimum absolute atomic E-state index is 0.227. The normalized spacial score (nSPS) is 11.4. The summed E-state index contributed by atoms with van der Waals surface area (Å²) in [6.45, 7) is 0.326. The van der Waals surface area contributed by atoms with Gasteiger partial charge in [0.15, 0.2) is 0 Å². The molecule has 0 aromatic heterocycles. The van der Waals surface area contributed by atoms with Crippen LogP contribution in [0.5, 0.6) is 11.5 Å². The highest BCUT2D eigenvalue weighted by molar-refractivity contribution is 7.98. The first-order valence-corrected chi connectivity index (χ1v) is 11.6. The van der Waals surface area contributed by atoms with Crippen molar-refractivity contribution in [3.8, 4) is 11.5 Å². The van der Waals surface area contributed by atoms with Gasteiger partial charge >= 0.3 is 0 Å². The van der Waals surface area contributed by atoms with Crippen LogP contribution < -0.4 is 15.4 Å². The molecule has 0 fully saturated rings. The van der Waals surface area contributed by atoms with Crippen molar-refractivity contribution >= 4 is 23.6 Å². The standard InChI is InChI=1S/C25H25FN2O3S/c1-32-16-15-23(28-24(29)19-5-3-2-4-6-19)25(30)27-17-18-7-11-21(12-8-18)31-22-13-9-20(26)10-14-22/h2-14,23H,15-17H2,1H3,(H,27,30)(H,28,29). The first-order valence-electron chi connectivity index (χ1n) is 10.2. The van der Waals surface area contributed by atoms with Crippen LogP contribution in [0.2, 0.25) is 0 Å². The number of halogens is 1. The second kappa shape index (κ2) is 11.9. The van der Waals surface area contributed by atoms with Crippen LogP contribution in [0.15, 0.2) is 78.9 Å².